The van der Waals surface area contributed by atoms with Gasteiger partial charge in [-0.15, -0.1) is 0 Å². The van der Waals surface area contributed by atoms with Crippen LogP contribution in [0.15, 0.2) is 136 Å². The lowest BCUT2D eigenvalue weighted by Gasteiger charge is -2.24. The summed E-state index contributed by atoms with van der Waals surface area (Å²) < 4.78 is 15.3. The van der Waals surface area contributed by atoms with Crippen LogP contribution < -0.4 is 0 Å². The Morgan fingerprint density at radius 2 is 1.20 bits per heavy atom. The molecule has 49 heavy (non-hydrogen) atoms. The van der Waals surface area contributed by atoms with Crippen molar-refractivity contribution >= 4 is 44.1 Å². The summed E-state index contributed by atoms with van der Waals surface area (Å²) in [5.74, 6) is 2.00. The molecule has 3 heterocycles. The van der Waals surface area contributed by atoms with E-state index < -0.39 is 0 Å². The first kappa shape index (κ1) is 29.2. The molecule has 0 aliphatic heterocycles. The van der Waals surface area contributed by atoms with E-state index in [1.807, 2.05) is 36.4 Å². The van der Waals surface area contributed by atoms with E-state index in [0.717, 1.165) is 55.4 Å². The molecule has 0 amide bonds. The van der Waals surface area contributed by atoms with Crippen molar-refractivity contribution in [1.82, 2.24) is 14.5 Å². The van der Waals surface area contributed by atoms with Gasteiger partial charge in [0.1, 0.15) is 22.5 Å². The first-order valence-electron chi connectivity index (χ1n) is 17.0. The molecule has 0 spiro atoms. The Morgan fingerprint density at radius 3 is 1.92 bits per heavy atom. The Labute approximate surface area is 284 Å². The molecule has 5 nitrogen and oxygen atoms in total. The third-order valence-electron chi connectivity index (χ3n) is 9.57. The Kier molecular flexibility index (Phi) is 6.76. The number of oxazole rings is 1. The Hall–Kier alpha value is -5.94. The van der Waals surface area contributed by atoms with Gasteiger partial charge in [-0.2, -0.15) is 0 Å². The second-order valence-corrected chi connectivity index (χ2v) is 13.4. The number of imidazole rings is 1. The van der Waals surface area contributed by atoms with Gasteiger partial charge in [-0.05, 0) is 82.6 Å². The van der Waals surface area contributed by atoms with Crippen molar-refractivity contribution in [2.45, 2.75) is 39.5 Å². The summed E-state index contributed by atoms with van der Waals surface area (Å²) in [5, 5.41) is 2.02. The predicted octanol–water partition coefficient (Wildman–Crippen LogP) is 12.3. The van der Waals surface area contributed by atoms with E-state index >= 15 is 0 Å². The zero-order valence-corrected chi connectivity index (χ0v) is 27.9. The van der Waals surface area contributed by atoms with Crippen LogP contribution in [0.5, 0.6) is 0 Å². The van der Waals surface area contributed by atoms with Crippen molar-refractivity contribution in [1.29, 1.82) is 0 Å². The fourth-order valence-electron chi connectivity index (χ4n) is 7.15. The van der Waals surface area contributed by atoms with Gasteiger partial charge in [0.15, 0.2) is 5.58 Å². The van der Waals surface area contributed by atoms with Crippen molar-refractivity contribution in [2.75, 3.05) is 0 Å². The van der Waals surface area contributed by atoms with E-state index in [-0.39, 0.29) is 11.8 Å². The predicted molar refractivity (Wildman–Crippen MR) is 200 cm³/mol. The molecular weight excluding hydrogens is 603 g/mol. The number of hydrogen-bond acceptors (Lipinski definition) is 4. The zero-order valence-electron chi connectivity index (χ0n) is 27.9. The van der Waals surface area contributed by atoms with Crippen molar-refractivity contribution < 1.29 is 8.83 Å². The van der Waals surface area contributed by atoms with Crippen LogP contribution in [-0.2, 0) is 0 Å². The van der Waals surface area contributed by atoms with Gasteiger partial charge in [-0.3, -0.25) is 4.57 Å². The summed E-state index contributed by atoms with van der Waals surface area (Å²) in [6.45, 7) is 9.12. The standard InChI is InChI=1S/C44H35N3O2/c1-26(2)33-22-30(28-14-7-5-8-15-28)23-34(27(3)4)41(33)47-38-21-12-11-20-36(38)45-43(47)32-19-13-18-31-35-24-37-40(25-39(35)48-42(31)32)49-44(46-37)29-16-9-6-10-17-29/h5-27H,1-4H3. The maximum atomic E-state index is 6.74. The number of para-hydroxylation sites is 3. The van der Waals surface area contributed by atoms with E-state index in [4.69, 9.17) is 18.8 Å². The van der Waals surface area contributed by atoms with Gasteiger partial charge < -0.3 is 8.83 Å². The van der Waals surface area contributed by atoms with Crippen molar-refractivity contribution in [3.8, 4) is 39.7 Å². The number of rotatable bonds is 6. The second kappa shape index (κ2) is 11.3. The van der Waals surface area contributed by atoms with Gasteiger partial charge in [-0.1, -0.05) is 100 Å². The fourth-order valence-corrected chi connectivity index (χ4v) is 7.15. The smallest absolute Gasteiger partial charge is 0.227 e. The molecule has 5 heteroatoms. The van der Waals surface area contributed by atoms with Crippen LogP contribution in [0.3, 0.4) is 0 Å². The number of hydrogen-bond donors (Lipinski definition) is 0. The summed E-state index contributed by atoms with van der Waals surface area (Å²) in [6, 6.07) is 44.2. The quantitative estimate of drug-likeness (QED) is 0.182. The summed E-state index contributed by atoms with van der Waals surface area (Å²) >= 11 is 0. The average molecular weight is 638 g/mol. The third-order valence-corrected chi connectivity index (χ3v) is 9.57. The number of nitrogens with zero attached hydrogens (tertiary/aromatic N) is 3. The monoisotopic (exact) mass is 637 g/mol. The molecule has 0 fully saturated rings. The molecule has 0 saturated carbocycles. The highest BCUT2D eigenvalue weighted by Gasteiger charge is 2.25. The van der Waals surface area contributed by atoms with Crippen LogP contribution in [0.4, 0.5) is 0 Å². The molecule has 0 unspecified atom stereocenters. The molecule has 0 radical (unpaired) electrons. The molecule has 0 bridgehead atoms. The van der Waals surface area contributed by atoms with E-state index in [0.29, 0.717) is 11.5 Å². The number of fused-ring (bicyclic) bond motifs is 5. The van der Waals surface area contributed by atoms with Gasteiger partial charge in [-0.25, -0.2) is 9.97 Å². The van der Waals surface area contributed by atoms with Crippen molar-refractivity contribution in [2.24, 2.45) is 0 Å². The van der Waals surface area contributed by atoms with Crippen LogP contribution >= 0.6 is 0 Å². The lowest BCUT2D eigenvalue weighted by atomic mass is 9.88. The SMILES string of the molecule is CC(C)c1cc(-c2ccccc2)cc(C(C)C)c1-n1c(-c2cccc3c2oc2cc4oc(-c5ccccc5)nc4cc23)nc2ccccc21. The number of aromatic nitrogens is 3. The highest BCUT2D eigenvalue weighted by Crippen LogP contribution is 2.43. The average Bonchev–Trinajstić information content (AvgIpc) is 3.83. The van der Waals surface area contributed by atoms with E-state index in [9.17, 15) is 0 Å². The zero-order chi connectivity index (χ0) is 33.2. The first-order chi connectivity index (χ1) is 23.9. The largest absolute Gasteiger partial charge is 0.455 e. The van der Waals surface area contributed by atoms with E-state index in [1.54, 1.807) is 0 Å². The molecule has 9 rings (SSSR count). The Balaban J connectivity index is 1.30. The van der Waals surface area contributed by atoms with Gasteiger partial charge in [0.05, 0.1) is 22.3 Å². The van der Waals surface area contributed by atoms with Crippen LogP contribution in [0.1, 0.15) is 50.7 Å². The van der Waals surface area contributed by atoms with E-state index in [2.05, 4.69) is 123 Å². The maximum Gasteiger partial charge on any atom is 0.227 e. The van der Waals surface area contributed by atoms with Crippen LogP contribution in [0.25, 0.3) is 83.7 Å². The molecular formula is C44H35N3O2. The minimum absolute atomic E-state index is 0.274. The first-order valence-corrected chi connectivity index (χ1v) is 17.0. The topological polar surface area (TPSA) is 57.0 Å². The minimum Gasteiger partial charge on any atom is -0.455 e. The molecule has 9 aromatic rings. The van der Waals surface area contributed by atoms with Crippen LogP contribution in [-0.4, -0.2) is 14.5 Å². The van der Waals surface area contributed by atoms with Crippen LogP contribution in [0, 0.1) is 0 Å². The second-order valence-electron chi connectivity index (χ2n) is 13.4. The summed E-state index contributed by atoms with van der Waals surface area (Å²) in [4.78, 5) is 10.2. The molecule has 6 aromatic carbocycles. The fraction of sp³-hybridized carbons (Fsp3) is 0.136. The lowest BCUT2D eigenvalue weighted by Crippen LogP contribution is -2.09. The number of benzene rings is 6. The summed E-state index contributed by atoms with van der Waals surface area (Å²) in [6.07, 6.45) is 0. The minimum atomic E-state index is 0.274. The highest BCUT2D eigenvalue weighted by atomic mass is 16.4. The van der Waals surface area contributed by atoms with Crippen LogP contribution in [0.2, 0.25) is 0 Å². The van der Waals surface area contributed by atoms with Gasteiger partial charge in [0.2, 0.25) is 5.89 Å². The molecule has 0 aliphatic rings. The van der Waals surface area contributed by atoms with Gasteiger partial charge in [0, 0.05) is 22.4 Å². The van der Waals surface area contributed by atoms with Crippen molar-refractivity contribution in [3.05, 3.63) is 139 Å². The molecule has 0 N–H and O–H groups in total. The maximum absolute atomic E-state index is 6.74. The molecule has 0 aliphatic carbocycles. The number of furan rings is 1. The van der Waals surface area contributed by atoms with Gasteiger partial charge >= 0.3 is 0 Å². The molecule has 0 saturated heterocycles. The third kappa shape index (κ3) is 4.76. The molecule has 0 atom stereocenters. The molecule has 3 aromatic heterocycles. The molecule has 238 valence electrons. The Bertz CT molecular complexity index is 2630. The normalized spacial score (nSPS) is 12.0. The van der Waals surface area contributed by atoms with E-state index in [1.165, 1.54) is 27.9 Å². The van der Waals surface area contributed by atoms with Crippen molar-refractivity contribution in [3.63, 3.8) is 0 Å². The summed E-state index contributed by atoms with van der Waals surface area (Å²) in [5.41, 5.74) is 13.1. The summed E-state index contributed by atoms with van der Waals surface area (Å²) in [7, 11) is 0. The lowest BCUT2D eigenvalue weighted by molar-refractivity contribution is 0.617. The highest BCUT2D eigenvalue weighted by molar-refractivity contribution is 6.12. The van der Waals surface area contributed by atoms with Gasteiger partial charge in [0.25, 0.3) is 0 Å². The Morgan fingerprint density at radius 1 is 0.531 bits per heavy atom.